The number of carboxylic acids is 1. The number of ether oxygens (including phenoxy) is 2. The Morgan fingerprint density at radius 2 is 1.90 bits per heavy atom. The number of aliphatic carboxylic acids is 1. The van der Waals surface area contributed by atoms with Crippen LogP contribution in [0.5, 0.6) is 11.5 Å². The van der Waals surface area contributed by atoms with Crippen molar-refractivity contribution in [3.05, 3.63) is 58.1 Å². The Morgan fingerprint density at radius 1 is 1.17 bits per heavy atom. The monoisotopic (exact) mass is 443 g/mol. The Morgan fingerprint density at radius 3 is 2.50 bits per heavy atom. The summed E-state index contributed by atoms with van der Waals surface area (Å²) in [4.78, 5) is 13.5. The summed E-state index contributed by atoms with van der Waals surface area (Å²) in [5.74, 6) is -0.169. The van der Waals surface area contributed by atoms with Crippen molar-refractivity contribution in [1.82, 2.24) is 4.90 Å². The van der Waals surface area contributed by atoms with Crippen LogP contribution in [0.15, 0.2) is 36.4 Å². The number of carboxylic acid groups (broad SMARTS) is 1. The second-order valence-corrected chi connectivity index (χ2v) is 7.39. The molecule has 1 heterocycles. The smallest absolute Gasteiger partial charge is 0.416 e. The molecule has 0 amide bonds. The largest absolute Gasteiger partial charge is 0.497 e. The predicted molar refractivity (Wildman–Crippen MR) is 105 cm³/mol. The maximum Gasteiger partial charge on any atom is 0.416 e. The van der Waals surface area contributed by atoms with Crippen LogP contribution in [0.3, 0.4) is 0 Å². The molecule has 0 aromatic heterocycles. The highest BCUT2D eigenvalue weighted by Gasteiger charge is 2.40. The molecular formula is C21H21ClF3NO4. The van der Waals surface area contributed by atoms with Gasteiger partial charge in [-0.2, -0.15) is 13.2 Å². The van der Waals surface area contributed by atoms with Gasteiger partial charge >= 0.3 is 12.1 Å². The zero-order chi connectivity index (χ0) is 22.1. The Balaban J connectivity index is 2.23. The number of hydrogen-bond donors (Lipinski definition) is 1. The first-order valence-corrected chi connectivity index (χ1v) is 9.62. The summed E-state index contributed by atoms with van der Waals surface area (Å²) in [7, 11) is 2.91. The lowest BCUT2D eigenvalue weighted by Gasteiger charge is -2.33. The Labute approximate surface area is 177 Å². The van der Waals surface area contributed by atoms with E-state index in [-0.39, 0.29) is 10.6 Å². The molecule has 1 aliphatic heterocycles. The molecule has 2 atom stereocenters. The average molecular weight is 444 g/mol. The molecule has 9 heteroatoms. The molecule has 0 bridgehead atoms. The SMILES string of the molecule is COc1ccc(C(c2cc(C(F)(F)F)ccc2Cl)N2CCCC2C(=O)O)c(OC)c1. The second kappa shape index (κ2) is 8.73. The number of likely N-dealkylation sites (tertiary alicyclic amines) is 1. The highest BCUT2D eigenvalue weighted by Crippen LogP contribution is 2.44. The van der Waals surface area contributed by atoms with Gasteiger partial charge in [0.1, 0.15) is 17.5 Å². The van der Waals surface area contributed by atoms with Crippen LogP contribution in [-0.4, -0.2) is 42.8 Å². The van der Waals surface area contributed by atoms with Crippen LogP contribution in [0.2, 0.25) is 5.02 Å². The number of hydrogen-bond acceptors (Lipinski definition) is 4. The molecule has 1 N–H and O–H groups in total. The van der Waals surface area contributed by atoms with E-state index in [4.69, 9.17) is 21.1 Å². The van der Waals surface area contributed by atoms with Crippen molar-refractivity contribution in [3.8, 4) is 11.5 Å². The molecule has 162 valence electrons. The molecule has 30 heavy (non-hydrogen) atoms. The molecule has 1 fully saturated rings. The van der Waals surface area contributed by atoms with Crippen molar-refractivity contribution in [3.63, 3.8) is 0 Å². The van der Waals surface area contributed by atoms with Gasteiger partial charge < -0.3 is 14.6 Å². The van der Waals surface area contributed by atoms with Gasteiger partial charge in [0.15, 0.2) is 0 Å². The van der Waals surface area contributed by atoms with E-state index in [2.05, 4.69) is 0 Å². The molecule has 0 aliphatic carbocycles. The molecule has 1 aliphatic rings. The molecule has 1 saturated heterocycles. The van der Waals surface area contributed by atoms with Gasteiger partial charge in [0.25, 0.3) is 0 Å². The lowest BCUT2D eigenvalue weighted by molar-refractivity contribution is -0.143. The first-order valence-electron chi connectivity index (χ1n) is 9.24. The van der Waals surface area contributed by atoms with Crippen molar-refractivity contribution in [2.45, 2.75) is 31.1 Å². The zero-order valence-electron chi connectivity index (χ0n) is 16.4. The number of halogens is 4. The summed E-state index contributed by atoms with van der Waals surface area (Å²) >= 11 is 6.34. The fourth-order valence-electron chi connectivity index (χ4n) is 3.86. The third-order valence-electron chi connectivity index (χ3n) is 5.26. The third kappa shape index (κ3) is 4.34. The average Bonchev–Trinajstić information content (AvgIpc) is 3.18. The highest BCUT2D eigenvalue weighted by molar-refractivity contribution is 6.31. The van der Waals surface area contributed by atoms with Crippen LogP contribution < -0.4 is 9.47 Å². The Kier molecular flexibility index (Phi) is 6.47. The van der Waals surface area contributed by atoms with E-state index in [0.29, 0.717) is 36.4 Å². The highest BCUT2D eigenvalue weighted by atomic mass is 35.5. The summed E-state index contributed by atoms with van der Waals surface area (Å²) in [5, 5.41) is 9.80. The number of carbonyl (C=O) groups is 1. The summed E-state index contributed by atoms with van der Waals surface area (Å²) in [5.41, 5.74) is -0.179. The van der Waals surface area contributed by atoms with E-state index in [1.165, 1.54) is 20.3 Å². The Hall–Kier alpha value is -2.45. The number of rotatable bonds is 6. The molecule has 3 rings (SSSR count). The van der Waals surface area contributed by atoms with Crippen LogP contribution in [0.1, 0.15) is 35.6 Å². The van der Waals surface area contributed by atoms with Gasteiger partial charge in [0, 0.05) is 23.2 Å². The number of nitrogens with zero attached hydrogens (tertiary/aromatic N) is 1. The lowest BCUT2D eigenvalue weighted by atomic mass is 9.93. The van der Waals surface area contributed by atoms with Crippen molar-refractivity contribution in [2.75, 3.05) is 20.8 Å². The zero-order valence-corrected chi connectivity index (χ0v) is 17.1. The maximum absolute atomic E-state index is 13.4. The summed E-state index contributed by atoms with van der Waals surface area (Å²) in [6.45, 7) is 0.392. The van der Waals surface area contributed by atoms with Crippen molar-refractivity contribution in [2.24, 2.45) is 0 Å². The van der Waals surface area contributed by atoms with E-state index in [1.54, 1.807) is 23.1 Å². The quantitative estimate of drug-likeness (QED) is 0.679. The number of methoxy groups -OCH3 is 2. The van der Waals surface area contributed by atoms with Crippen molar-refractivity contribution >= 4 is 17.6 Å². The molecule has 0 saturated carbocycles. The van der Waals surface area contributed by atoms with Gasteiger partial charge in [0.05, 0.1) is 25.8 Å². The van der Waals surface area contributed by atoms with Crippen LogP contribution in [0.4, 0.5) is 13.2 Å². The van der Waals surface area contributed by atoms with E-state index < -0.39 is 29.8 Å². The van der Waals surface area contributed by atoms with Crippen LogP contribution in [-0.2, 0) is 11.0 Å². The first kappa shape index (κ1) is 22.2. The maximum atomic E-state index is 13.4. The summed E-state index contributed by atoms with van der Waals surface area (Å²) < 4.78 is 50.9. The van der Waals surface area contributed by atoms with Crippen LogP contribution in [0.25, 0.3) is 0 Å². The van der Waals surface area contributed by atoms with Gasteiger partial charge in [0.2, 0.25) is 0 Å². The molecule has 2 unspecified atom stereocenters. The third-order valence-corrected chi connectivity index (χ3v) is 5.61. The molecule has 0 radical (unpaired) electrons. The van der Waals surface area contributed by atoms with Gasteiger partial charge in [-0.3, -0.25) is 9.69 Å². The molecule has 0 spiro atoms. The normalized spacial score (nSPS) is 18.3. The minimum atomic E-state index is -4.56. The minimum Gasteiger partial charge on any atom is -0.497 e. The Bertz CT molecular complexity index is 935. The summed E-state index contributed by atoms with van der Waals surface area (Å²) in [6, 6.07) is 6.30. The summed E-state index contributed by atoms with van der Waals surface area (Å²) in [6.07, 6.45) is -3.57. The standard InChI is InChI=1S/C21H21ClF3NO4/c1-29-13-6-7-14(18(11-13)30-2)19(26-9-3-4-17(26)20(27)28)15-10-12(21(23,24)25)5-8-16(15)22/h5-8,10-11,17,19H,3-4,9H2,1-2H3,(H,27,28). The van der Waals surface area contributed by atoms with Crippen LogP contribution in [0, 0.1) is 0 Å². The molecular weight excluding hydrogens is 423 g/mol. The topological polar surface area (TPSA) is 59.0 Å². The van der Waals surface area contributed by atoms with E-state index >= 15 is 0 Å². The van der Waals surface area contributed by atoms with Crippen molar-refractivity contribution < 1.29 is 32.5 Å². The minimum absolute atomic E-state index is 0.113. The fourth-order valence-corrected chi connectivity index (χ4v) is 4.08. The van der Waals surface area contributed by atoms with Gasteiger partial charge in [-0.05, 0) is 48.7 Å². The van der Waals surface area contributed by atoms with Gasteiger partial charge in [-0.25, -0.2) is 0 Å². The lowest BCUT2D eigenvalue weighted by Crippen LogP contribution is -2.39. The van der Waals surface area contributed by atoms with E-state index in [9.17, 15) is 23.1 Å². The first-order chi connectivity index (χ1) is 14.2. The van der Waals surface area contributed by atoms with Gasteiger partial charge in [-0.15, -0.1) is 0 Å². The van der Waals surface area contributed by atoms with Crippen molar-refractivity contribution in [1.29, 1.82) is 0 Å². The van der Waals surface area contributed by atoms with E-state index in [1.807, 2.05) is 0 Å². The molecule has 2 aromatic carbocycles. The molecule has 2 aromatic rings. The van der Waals surface area contributed by atoms with Crippen LogP contribution >= 0.6 is 11.6 Å². The number of benzene rings is 2. The van der Waals surface area contributed by atoms with E-state index in [0.717, 1.165) is 12.1 Å². The predicted octanol–water partition coefficient (Wildman–Crippen LogP) is 5.01. The van der Waals surface area contributed by atoms with Gasteiger partial charge in [-0.1, -0.05) is 11.6 Å². The fraction of sp³-hybridized carbons (Fsp3) is 0.381. The molecule has 5 nitrogen and oxygen atoms in total. The number of alkyl halides is 3. The second-order valence-electron chi connectivity index (χ2n) is 6.98.